The summed E-state index contributed by atoms with van der Waals surface area (Å²) in [6.45, 7) is 4.86. The molecule has 0 aliphatic carbocycles. The number of ether oxygens (including phenoxy) is 1. The number of nitrogens with zero attached hydrogens (tertiary/aromatic N) is 1. The summed E-state index contributed by atoms with van der Waals surface area (Å²) in [5.74, 6) is 0.672. The molecule has 0 aromatic heterocycles. The van der Waals surface area contributed by atoms with E-state index in [-0.39, 0.29) is 25.2 Å². The second-order valence-electron chi connectivity index (χ2n) is 5.10. The van der Waals surface area contributed by atoms with E-state index in [1.54, 1.807) is 4.90 Å². The zero-order valence-electron chi connectivity index (χ0n) is 11.6. The number of likely N-dealkylation sites (tertiary alicyclic amines) is 1. The first-order chi connectivity index (χ1) is 9.11. The van der Waals surface area contributed by atoms with Gasteiger partial charge in [0.05, 0.1) is 12.6 Å². The summed E-state index contributed by atoms with van der Waals surface area (Å²) in [7, 11) is 0. The molecule has 1 heterocycles. The molecule has 0 spiro atoms. The maximum absolute atomic E-state index is 12.0. The van der Waals surface area contributed by atoms with Gasteiger partial charge in [-0.1, -0.05) is 6.07 Å². The number of rotatable bonds is 4. The first-order valence-corrected chi connectivity index (χ1v) is 6.72. The highest BCUT2D eigenvalue weighted by Gasteiger charge is 2.28. The molecule has 4 nitrogen and oxygen atoms in total. The minimum Gasteiger partial charge on any atom is -0.484 e. The number of carbonyl (C=O) groups excluding carboxylic acids is 1. The van der Waals surface area contributed by atoms with E-state index in [0.29, 0.717) is 0 Å². The molecule has 104 valence electrons. The standard InChI is InChI=1S/C15H21NO3/c1-11-5-6-14(8-12(11)2)19-10-15(18)16-7-3-4-13(16)9-17/h5-6,8,13,17H,3-4,7,9-10H2,1-2H3/t13-/m0/s1. The van der Waals surface area contributed by atoms with Crippen LogP contribution in [0.5, 0.6) is 5.75 Å². The van der Waals surface area contributed by atoms with Crippen LogP contribution >= 0.6 is 0 Å². The zero-order chi connectivity index (χ0) is 13.8. The van der Waals surface area contributed by atoms with Crippen LogP contribution in [0.2, 0.25) is 0 Å². The van der Waals surface area contributed by atoms with Crippen LogP contribution in [0.15, 0.2) is 18.2 Å². The van der Waals surface area contributed by atoms with Crippen molar-refractivity contribution in [1.29, 1.82) is 0 Å². The Kier molecular flexibility index (Phi) is 4.43. The van der Waals surface area contributed by atoms with E-state index in [1.165, 1.54) is 5.56 Å². The number of hydrogen-bond acceptors (Lipinski definition) is 3. The summed E-state index contributed by atoms with van der Waals surface area (Å²) < 4.78 is 5.54. The Morgan fingerprint density at radius 2 is 2.21 bits per heavy atom. The molecule has 1 aromatic carbocycles. The van der Waals surface area contributed by atoms with E-state index in [1.807, 2.05) is 32.0 Å². The minimum absolute atomic E-state index is 0.0316. The quantitative estimate of drug-likeness (QED) is 0.899. The third-order valence-electron chi connectivity index (χ3n) is 3.75. The van der Waals surface area contributed by atoms with Gasteiger partial charge in [-0.05, 0) is 49.9 Å². The van der Waals surface area contributed by atoms with Gasteiger partial charge in [0.1, 0.15) is 5.75 Å². The highest BCUT2D eigenvalue weighted by molar-refractivity contribution is 5.78. The van der Waals surface area contributed by atoms with Gasteiger partial charge in [0.2, 0.25) is 0 Å². The molecule has 0 unspecified atom stereocenters. The number of benzene rings is 1. The molecule has 0 radical (unpaired) electrons. The van der Waals surface area contributed by atoms with Crippen molar-refractivity contribution < 1.29 is 14.6 Å². The predicted octanol–water partition coefficient (Wildman–Crippen LogP) is 1.67. The van der Waals surface area contributed by atoms with Crippen LogP contribution in [-0.2, 0) is 4.79 Å². The molecule has 1 N–H and O–H groups in total. The van der Waals surface area contributed by atoms with Crippen molar-refractivity contribution in [2.75, 3.05) is 19.8 Å². The number of carbonyl (C=O) groups is 1. The fourth-order valence-corrected chi connectivity index (χ4v) is 2.39. The molecule has 1 atom stereocenters. The minimum atomic E-state index is -0.0465. The Morgan fingerprint density at radius 1 is 1.42 bits per heavy atom. The van der Waals surface area contributed by atoms with E-state index in [9.17, 15) is 9.90 Å². The molecular formula is C15H21NO3. The Labute approximate surface area is 114 Å². The second kappa shape index (κ2) is 6.06. The lowest BCUT2D eigenvalue weighted by atomic mass is 10.1. The third-order valence-corrected chi connectivity index (χ3v) is 3.75. The van der Waals surface area contributed by atoms with Gasteiger partial charge >= 0.3 is 0 Å². The van der Waals surface area contributed by atoms with E-state index in [0.717, 1.165) is 30.7 Å². The van der Waals surface area contributed by atoms with Gasteiger partial charge in [-0.15, -0.1) is 0 Å². The molecule has 2 rings (SSSR count). The first-order valence-electron chi connectivity index (χ1n) is 6.72. The van der Waals surface area contributed by atoms with Crippen LogP contribution in [-0.4, -0.2) is 41.7 Å². The Morgan fingerprint density at radius 3 is 2.89 bits per heavy atom. The normalized spacial score (nSPS) is 18.7. The summed E-state index contributed by atoms with van der Waals surface area (Å²) in [5, 5.41) is 9.20. The number of aliphatic hydroxyl groups excluding tert-OH is 1. The number of hydrogen-bond donors (Lipinski definition) is 1. The zero-order valence-corrected chi connectivity index (χ0v) is 11.6. The van der Waals surface area contributed by atoms with Crippen molar-refractivity contribution in [3.63, 3.8) is 0 Å². The topological polar surface area (TPSA) is 49.8 Å². The van der Waals surface area contributed by atoms with Crippen LogP contribution < -0.4 is 4.74 Å². The number of amides is 1. The van der Waals surface area contributed by atoms with Crippen molar-refractivity contribution in [3.05, 3.63) is 29.3 Å². The van der Waals surface area contributed by atoms with Gasteiger partial charge in [-0.3, -0.25) is 4.79 Å². The molecule has 1 fully saturated rings. The van der Waals surface area contributed by atoms with Crippen LogP contribution in [0, 0.1) is 13.8 Å². The van der Waals surface area contributed by atoms with Crippen LogP contribution in [0.4, 0.5) is 0 Å². The van der Waals surface area contributed by atoms with E-state index < -0.39 is 0 Å². The van der Waals surface area contributed by atoms with Gasteiger partial charge < -0.3 is 14.7 Å². The summed E-state index contributed by atoms with van der Waals surface area (Å²) in [5.41, 5.74) is 2.36. The van der Waals surface area contributed by atoms with Crippen molar-refractivity contribution in [1.82, 2.24) is 4.90 Å². The molecule has 4 heteroatoms. The molecular weight excluding hydrogens is 242 g/mol. The van der Waals surface area contributed by atoms with Gasteiger partial charge in [-0.25, -0.2) is 0 Å². The lowest BCUT2D eigenvalue weighted by Crippen LogP contribution is -2.40. The van der Waals surface area contributed by atoms with Crippen LogP contribution in [0.3, 0.4) is 0 Å². The molecule has 1 amide bonds. The summed E-state index contributed by atoms with van der Waals surface area (Å²) in [4.78, 5) is 13.8. The van der Waals surface area contributed by atoms with Gasteiger partial charge in [0.15, 0.2) is 6.61 Å². The summed E-state index contributed by atoms with van der Waals surface area (Å²) in [6, 6.07) is 5.77. The van der Waals surface area contributed by atoms with Crippen molar-refractivity contribution in [2.24, 2.45) is 0 Å². The molecule has 1 saturated heterocycles. The van der Waals surface area contributed by atoms with Gasteiger partial charge in [-0.2, -0.15) is 0 Å². The smallest absolute Gasteiger partial charge is 0.260 e. The fraction of sp³-hybridized carbons (Fsp3) is 0.533. The number of aliphatic hydroxyl groups is 1. The Hall–Kier alpha value is -1.55. The fourth-order valence-electron chi connectivity index (χ4n) is 2.39. The average Bonchev–Trinajstić information content (AvgIpc) is 2.88. The van der Waals surface area contributed by atoms with Crippen molar-refractivity contribution >= 4 is 5.91 Å². The predicted molar refractivity (Wildman–Crippen MR) is 73.2 cm³/mol. The average molecular weight is 263 g/mol. The summed E-state index contributed by atoms with van der Waals surface area (Å²) in [6.07, 6.45) is 1.84. The van der Waals surface area contributed by atoms with E-state index in [4.69, 9.17) is 4.74 Å². The van der Waals surface area contributed by atoms with Crippen molar-refractivity contribution in [2.45, 2.75) is 32.7 Å². The largest absolute Gasteiger partial charge is 0.484 e. The maximum Gasteiger partial charge on any atom is 0.260 e. The molecule has 1 aliphatic heterocycles. The highest BCUT2D eigenvalue weighted by atomic mass is 16.5. The summed E-state index contributed by atoms with van der Waals surface area (Å²) >= 11 is 0. The monoisotopic (exact) mass is 263 g/mol. The lowest BCUT2D eigenvalue weighted by molar-refractivity contribution is -0.134. The first kappa shape index (κ1) is 13.9. The van der Waals surface area contributed by atoms with Gasteiger partial charge in [0.25, 0.3) is 5.91 Å². The van der Waals surface area contributed by atoms with Crippen LogP contribution in [0.25, 0.3) is 0 Å². The van der Waals surface area contributed by atoms with Crippen molar-refractivity contribution in [3.8, 4) is 5.75 Å². The lowest BCUT2D eigenvalue weighted by Gasteiger charge is -2.23. The van der Waals surface area contributed by atoms with Crippen LogP contribution in [0.1, 0.15) is 24.0 Å². The molecule has 0 bridgehead atoms. The molecule has 0 saturated carbocycles. The second-order valence-corrected chi connectivity index (χ2v) is 5.10. The molecule has 19 heavy (non-hydrogen) atoms. The number of aryl methyl sites for hydroxylation is 2. The Balaban J connectivity index is 1.91. The van der Waals surface area contributed by atoms with Gasteiger partial charge in [0, 0.05) is 6.54 Å². The maximum atomic E-state index is 12.0. The van der Waals surface area contributed by atoms with E-state index in [2.05, 4.69) is 0 Å². The van der Waals surface area contributed by atoms with E-state index >= 15 is 0 Å². The SMILES string of the molecule is Cc1ccc(OCC(=O)N2CCC[C@H]2CO)cc1C. The highest BCUT2D eigenvalue weighted by Crippen LogP contribution is 2.19. The third kappa shape index (κ3) is 3.26. The molecule has 1 aromatic rings. The molecule has 1 aliphatic rings. The Bertz CT molecular complexity index is 459.